The summed E-state index contributed by atoms with van der Waals surface area (Å²) in [5.74, 6) is -0.991. The zero-order valence-corrected chi connectivity index (χ0v) is 8.25. The Kier molecular flexibility index (Phi) is 2.92. The van der Waals surface area contributed by atoms with E-state index in [0.29, 0.717) is 19.6 Å². The zero-order chi connectivity index (χ0) is 10.1. The Morgan fingerprint density at radius 1 is 1.54 bits per heavy atom. The summed E-state index contributed by atoms with van der Waals surface area (Å²) in [5.41, 5.74) is 0. The number of carbonyl (C=O) groups is 1. The van der Waals surface area contributed by atoms with E-state index in [1.807, 2.05) is 4.90 Å². The number of hydrogen-bond acceptors (Lipinski definition) is 4. The molecule has 1 aliphatic rings. The van der Waals surface area contributed by atoms with Gasteiger partial charge in [0.05, 0.1) is 11.7 Å². The van der Waals surface area contributed by atoms with Crippen LogP contribution in [0.5, 0.6) is 0 Å². The van der Waals surface area contributed by atoms with E-state index in [2.05, 4.69) is 0 Å². The van der Waals surface area contributed by atoms with Crippen LogP contribution >= 0.6 is 0 Å². The summed E-state index contributed by atoms with van der Waals surface area (Å²) < 4.78 is 21.5. The van der Waals surface area contributed by atoms with Crippen molar-refractivity contribution in [2.24, 2.45) is 5.92 Å². The van der Waals surface area contributed by atoms with Gasteiger partial charge < -0.3 is 10.0 Å². The van der Waals surface area contributed by atoms with Crippen LogP contribution in [0.4, 0.5) is 0 Å². The quantitative estimate of drug-likeness (QED) is 0.643. The van der Waals surface area contributed by atoms with Gasteiger partial charge >= 0.3 is 5.97 Å². The molecule has 1 saturated heterocycles. The zero-order valence-electron chi connectivity index (χ0n) is 7.43. The van der Waals surface area contributed by atoms with Gasteiger partial charge in [-0.25, -0.2) is 8.42 Å². The molecule has 0 atom stereocenters. The van der Waals surface area contributed by atoms with Crippen molar-refractivity contribution in [3.8, 4) is 0 Å². The van der Waals surface area contributed by atoms with Gasteiger partial charge in [-0.1, -0.05) is 0 Å². The van der Waals surface area contributed by atoms with Crippen LogP contribution in [0.3, 0.4) is 0 Å². The molecule has 0 unspecified atom stereocenters. The molecular weight excluding hydrogens is 194 g/mol. The molecule has 0 bridgehead atoms. The van der Waals surface area contributed by atoms with Gasteiger partial charge in [0, 0.05) is 25.9 Å². The minimum Gasteiger partial charge on any atom is -0.481 e. The first-order chi connectivity index (χ1) is 5.88. The first kappa shape index (κ1) is 10.5. The molecule has 0 radical (unpaired) electrons. The number of carboxylic acids is 1. The maximum absolute atomic E-state index is 10.7. The largest absolute Gasteiger partial charge is 0.481 e. The minimum atomic E-state index is -2.92. The van der Waals surface area contributed by atoms with E-state index in [1.165, 1.54) is 6.26 Å². The molecule has 1 fully saturated rings. The maximum atomic E-state index is 10.7. The van der Waals surface area contributed by atoms with Gasteiger partial charge in [-0.05, 0) is 0 Å². The third-order valence-electron chi connectivity index (χ3n) is 2.08. The van der Waals surface area contributed by atoms with Gasteiger partial charge in [-0.3, -0.25) is 4.79 Å². The van der Waals surface area contributed by atoms with E-state index in [0.717, 1.165) is 0 Å². The van der Waals surface area contributed by atoms with E-state index < -0.39 is 15.8 Å². The Morgan fingerprint density at radius 3 is 2.46 bits per heavy atom. The second kappa shape index (κ2) is 3.63. The molecule has 6 heteroatoms. The summed E-state index contributed by atoms with van der Waals surface area (Å²) in [4.78, 5) is 12.2. The van der Waals surface area contributed by atoms with Crippen LogP contribution in [0.2, 0.25) is 0 Å². The summed E-state index contributed by atoms with van der Waals surface area (Å²) in [7, 11) is -2.92. The second-order valence-corrected chi connectivity index (χ2v) is 5.68. The molecule has 0 aliphatic carbocycles. The summed E-state index contributed by atoms with van der Waals surface area (Å²) in [6.45, 7) is 1.40. The molecule has 0 aromatic rings. The van der Waals surface area contributed by atoms with Crippen molar-refractivity contribution < 1.29 is 18.3 Å². The fraction of sp³-hybridized carbons (Fsp3) is 0.857. The van der Waals surface area contributed by atoms with Gasteiger partial charge in [0.15, 0.2) is 0 Å². The van der Waals surface area contributed by atoms with E-state index in [4.69, 9.17) is 5.11 Å². The first-order valence-corrected chi connectivity index (χ1v) is 6.07. The fourth-order valence-electron chi connectivity index (χ4n) is 1.20. The van der Waals surface area contributed by atoms with Gasteiger partial charge in [0.1, 0.15) is 9.84 Å². The molecule has 1 rings (SSSR count). The van der Waals surface area contributed by atoms with Crippen LogP contribution in [-0.2, 0) is 14.6 Å². The molecule has 5 nitrogen and oxygen atoms in total. The van der Waals surface area contributed by atoms with Crippen LogP contribution < -0.4 is 0 Å². The number of sulfone groups is 1. The maximum Gasteiger partial charge on any atom is 0.309 e. The Balaban J connectivity index is 2.19. The lowest BCUT2D eigenvalue weighted by atomic mass is 10.0. The molecule has 1 aliphatic heterocycles. The Labute approximate surface area is 77.3 Å². The molecule has 0 aromatic carbocycles. The summed E-state index contributed by atoms with van der Waals surface area (Å²) in [6, 6.07) is 0. The van der Waals surface area contributed by atoms with Crippen LogP contribution in [-0.4, -0.2) is 56.0 Å². The summed E-state index contributed by atoms with van der Waals surface area (Å²) >= 11 is 0. The number of hydrogen-bond donors (Lipinski definition) is 1. The topological polar surface area (TPSA) is 74.7 Å². The standard InChI is InChI=1S/C7H13NO4S/c1-13(11,12)3-2-8-4-6(5-8)7(9)10/h6H,2-5H2,1H3,(H,9,10). The second-order valence-electron chi connectivity index (χ2n) is 3.42. The average molecular weight is 207 g/mol. The van der Waals surface area contributed by atoms with Gasteiger partial charge in [0.25, 0.3) is 0 Å². The fourth-order valence-corrected chi connectivity index (χ4v) is 1.79. The number of aliphatic carboxylic acids is 1. The molecule has 0 aromatic heterocycles. The Morgan fingerprint density at radius 2 is 2.08 bits per heavy atom. The number of carboxylic acid groups (broad SMARTS) is 1. The molecule has 76 valence electrons. The van der Waals surface area contributed by atoms with Gasteiger partial charge in [-0.2, -0.15) is 0 Å². The van der Waals surface area contributed by atoms with Crippen molar-refractivity contribution in [1.82, 2.24) is 4.90 Å². The predicted octanol–water partition coefficient (Wildman–Crippen LogP) is -0.953. The number of rotatable bonds is 4. The molecule has 13 heavy (non-hydrogen) atoms. The third-order valence-corrected chi connectivity index (χ3v) is 3.01. The summed E-state index contributed by atoms with van der Waals surface area (Å²) in [5, 5.41) is 8.53. The predicted molar refractivity (Wildman–Crippen MR) is 47.3 cm³/mol. The normalized spacial score (nSPS) is 19.8. The third kappa shape index (κ3) is 3.31. The van der Waals surface area contributed by atoms with Crippen molar-refractivity contribution in [2.75, 3.05) is 31.6 Å². The highest BCUT2D eigenvalue weighted by atomic mass is 32.2. The van der Waals surface area contributed by atoms with Crippen molar-refractivity contribution in [1.29, 1.82) is 0 Å². The van der Waals surface area contributed by atoms with E-state index in [-0.39, 0.29) is 11.7 Å². The van der Waals surface area contributed by atoms with Crippen LogP contribution in [0, 0.1) is 5.92 Å². The monoisotopic (exact) mass is 207 g/mol. The minimum absolute atomic E-state index is 0.110. The summed E-state index contributed by atoms with van der Waals surface area (Å²) in [6.07, 6.45) is 1.18. The lowest BCUT2D eigenvalue weighted by molar-refractivity contribution is -0.147. The van der Waals surface area contributed by atoms with Crippen molar-refractivity contribution in [2.45, 2.75) is 0 Å². The smallest absolute Gasteiger partial charge is 0.309 e. The molecule has 1 N–H and O–H groups in total. The lowest BCUT2D eigenvalue weighted by Gasteiger charge is -2.36. The van der Waals surface area contributed by atoms with Gasteiger partial charge in [-0.15, -0.1) is 0 Å². The van der Waals surface area contributed by atoms with Crippen molar-refractivity contribution >= 4 is 15.8 Å². The Hall–Kier alpha value is -0.620. The molecule has 0 spiro atoms. The van der Waals surface area contributed by atoms with E-state index >= 15 is 0 Å². The number of nitrogens with zero attached hydrogens (tertiary/aromatic N) is 1. The van der Waals surface area contributed by atoms with Crippen molar-refractivity contribution in [3.05, 3.63) is 0 Å². The molecule has 1 heterocycles. The van der Waals surface area contributed by atoms with Crippen LogP contribution in [0.1, 0.15) is 0 Å². The van der Waals surface area contributed by atoms with E-state index in [9.17, 15) is 13.2 Å². The van der Waals surface area contributed by atoms with E-state index in [1.54, 1.807) is 0 Å². The molecular formula is C7H13NO4S. The lowest BCUT2D eigenvalue weighted by Crippen LogP contribution is -2.51. The van der Waals surface area contributed by atoms with Crippen LogP contribution in [0.25, 0.3) is 0 Å². The molecule has 0 amide bonds. The molecule has 0 saturated carbocycles. The average Bonchev–Trinajstić information content (AvgIpc) is 1.79. The Bertz CT molecular complexity index is 292. The first-order valence-electron chi connectivity index (χ1n) is 4.01. The highest BCUT2D eigenvalue weighted by Crippen LogP contribution is 2.14. The van der Waals surface area contributed by atoms with Crippen LogP contribution in [0.15, 0.2) is 0 Å². The SMILES string of the molecule is CS(=O)(=O)CCN1CC(C(=O)O)C1. The highest BCUT2D eigenvalue weighted by molar-refractivity contribution is 7.90. The van der Waals surface area contributed by atoms with Crippen molar-refractivity contribution in [3.63, 3.8) is 0 Å². The highest BCUT2D eigenvalue weighted by Gasteiger charge is 2.32. The number of likely N-dealkylation sites (tertiary alicyclic amines) is 1. The van der Waals surface area contributed by atoms with Gasteiger partial charge in [0.2, 0.25) is 0 Å².